The summed E-state index contributed by atoms with van der Waals surface area (Å²) in [7, 11) is 1.78. The number of nitrogens with zero attached hydrogens (tertiary/aromatic N) is 2. The summed E-state index contributed by atoms with van der Waals surface area (Å²) in [5, 5.41) is 4.13. The van der Waals surface area contributed by atoms with Crippen molar-refractivity contribution in [1.82, 2.24) is 9.78 Å². The van der Waals surface area contributed by atoms with E-state index in [-0.39, 0.29) is 11.4 Å². The fourth-order valence-electron chi connectivity index (χ4n) is 1.81. The van der Waals surface area contributed by atoms with Crippen molar-refractivity contribution in [3.05, 3.63) is 17.5 Å². The minimum Gasteiger partial charge on any atom is -0.461 e. The first-order valence-electron chi connectivity index (χ1n) is 5.32. The molecule has 0 N–H and O–H groups in total. The van der Waals surface area contributed by atoms with Crippen LogP contribution in [0.5, 0.6) is 0 Å². The Balaban J connectivity index is 2.39. The number of carbonyl (C=O) groups excluding carboxylic acids is 1. The standard InChI is InChI=1S/C12H14N2O2/c1-4-12(6-7-12)9-8-14(3)13-10(9)11(15)16-5-2/h1,8H,5-7H2,2-3H3. The van der Waals surface area contributed by atoms with Crippen LogP contribution in [0, 0.1) is 12.3 Å². The van der Waals surface area contributed by atoms with Gasteiger partial charge in [0.15, 0.2) is 5.69 Å². The first-order valence-corrected chi connectivity index (χ1v) is 5.32. The van der Waals surface area contributed by atoms with Crippen LogP contribution < -0.4 is 0 Å². The first kappa shape index (κ1) is 10.7. The monoisotopic (exact) mass is 218 g/mol. The molecule has 0 radical (unpaired) electrons. The predicted molar refractivity (Wildman–Crippen MR) is 58.9 cm³/mol. The molecule has 0 atom stereocenters. The number of ether oxygens (including phenoxy) is 1. The van der Waals surface area contributed by atoms with E-state index in [1.165, 1.54) is 0 Å². The molecule has 4 nitrogen and oxygen atoms in total. The molecule has 0 unspecified atom stereocenters. The van der Waals surface area contributed by atoms with E-state index in [9.17, 15) is 4.79 Å². The number of aromatic nitrogens is 2. The van der Waals surface area contributed by atoms with Crippen LogP contribution in [0.15, 0.2) is 6.20 Å². The third-order valence-electron chi connectivity index (χ3n) is 2.84. The van der Waals surface area contributed by atoms with Gasteiger partial charge in [-0.3, -0.25) is 4.68 Å². The maximum atomic E-state index is 11.7. The molecule has 16 heavy (non-hydrogen) atoms. The minimum atomic E-state index is -0.389. The second-order valence-electron chi connectivity index (χ2n) is 4.01. The Morgan fingerprint density at radius 2 is 2.44 bits per heavy atom. The topological polar surface area (TPSA) is 44.1 Å². The molecule has 0 aliphatic heterocycles. The average Bonchev–Trinajstić information content (AvgIpc) is 2.96. The summed E-state index contributed by atoms with van der Waals surface area (Å²) in [6.45, 7) is 2.12. The number of carbonyl (C=O) groups is 1. The van der Waals surface area contributed by atoms with Gasteiger partial charge in [-0.25, -0.2) is 4.79 Å². The molecule has 0 saturated heterocycles. The van der Waals surface area contributed by atoms with Gasteiger partial charge in [-0.05, 0) is 19.8 Å². The van der Waals surface area contributed by atoms with Crippen molar-refractivity contribution < 1.29 is 9.53 Å². The number of aryl methyl sites for hydroxylation is 1. The molecule has 1 heterocycles. The number of rotatable bonds is 3. The lowest BCUT2D eigenvalue weighted by Gasteiger charge is -2.06. The number of hydrogen-bond acceptors (Lipinski definition) is 3. The zero-order valence-electron chi connectivity index (χ0n) is 9.49. The van der Waals surface area contributed by atoms with Crippen molar-refractivity contribution in [2.24, 2.45) is 7.05 Å². The molecule has 4 heteroatoms. The lowest BCUT2D eigenvalue weighted by atomic mass is 9.97. The van der Waals surface area contributed by atoms with Crippen LogP contribution in [0.1, 0.15) is 35.8 Å². The van der Waals surface area contributed by atoms with E-state index in [0.29, 0.717) is 12.3 Å². The smallest absolute Gasteiger partial charge is 0.359 e. The van der Waals surface area contributed by atoms with Crippen molar-refractivity contribution in [3.8, 4) is 12.3 Å². The molecule has 1 aliphatic carbocycles. The van der Waals surface area contributed by atoms with Crippen LogP contribution in [-0.4, -0.2) is 22.4 Å². The van der Waals surface area contributed by atoms with Gasteiger partial charge in [0.1, 0.15) is 0 Å². The van der Waals surface area contributed by atoms with Gasteiger partial charge in [0.2, 0.25) is 0 Å². The molecule has 0 bridgehead atoms. The number of esters is 1. The van der Waals surface area contributed by atoms with Gasteiger partial charge in [0.05, 0.1) is 12.0 Å². The second kappa shape index (κ2) is 3.67. The van der Waals surface area contributed by atoms with Gasteiger partial charge in [-0.15, -0.1) is 6.42 Å². The van der Waals surface area contributed by atoms with Gasteiger partial charge >= 0.3 is 5.97 Å². The molecule has 1 aromatic rings. The molecule has 1 aliphatic rings. The minimum absolute atomic E-state index is 0.281. The molecular weight excluding hydrogens is 204 g/mol. The van der Waals surface area contributed by atoms with E-state index in [1.54, 1.807) is 18.7 Å². The van der Waals surface area contributed by atoms with Gasteiger partial charge in [-0.2, -0.15) is 5.10 Å². The van der Waals surface area contributed by atoms with Crippen molar-refractivity contribution in [3.63, 3.8) is 0 Å². The lowest BCUT2D eigenvalue weighted by Crippen LogP contribution is -2.12. The Bertz CT molecular complexity index is 464. The summed E-state index contributed by atoms with van der Waals surface area (Å²) in [5.74, 6) is 2.37. The van der Waals surface area contributed by atoms with Gasteiger partial charge in [0.25, 0.3) is 0 Å². The SMILES string of the molecule is C#CC1(c2cn(C)nc2C(=O)OCC)CC1. The molecule has 0 aromatic carbocycles. The summed E-state index contributed by atoms with van der Waals surface area (Å²) in [5.41, 5.74) is 0.909. The van der Waals surface area contributed by atoms with E-state index in [2.05, 4.69) is 11.0 Å². The molecule has 1 fully saturated rings. The third-order valence-corrected chi connectivity index (χ3v) is 2.84. The summed E-state index contributed by atoms with van der Waals surface area (Å²) in [6.07, 6.45) is 9.17. The third kappa shape index (κ3) is 1.58. The van der Waals surface area contributed by atoms with Crippen LogP contribution in [0.3, 0.4) is 0 Å². The second-order valence-corrected chi connectivity index (χ2v) is 4.01. The van der Waals surface area contributed by atoms with E-state index in [0.717, 1.165) is 18.4 Å². The Labute approximate surface area is 94.6 Å². The molecule has 84 valence electrons. The van der Waals surface area contributed by atoms with Gasteiger partial charge in [-0.1, -0.05) is 5.92 Å². The van der Waals surface area contributed by atoms with Crippen molar-refractivity contribution in [2.45, 2.75) is 25.2 Å². The molecule has 2 rings (SSSR count). The van der Waals surface area contributed by atoms with E-state index < -0.39 is 0 Å². The fraction of sp³-hybridized carbons (Fsp3) is 0.500. The maximum absolute atomic E-state index is 11.7. The van der Waals surface area contributed by atoms with Crippen molar-refractivity contribution in [1.29, 1.82) is 0 Å². The quantitative estimate of drug-likeness (QED) is 0.566. The van der Waals surface area contributed by atoms with Crippen LogP contribution in [0.2, 0.25) is 0 Å². The molecule has 0 amide bonds. The van der Waals surface area contributed by atoms with Gasteiger partial charge in [0, 0.05) is 18.8 Å². The highest BCUT2D eigenvalue weighted by atomic mass is 16.5. The lowest BCUT2D eigenvalue weighted by molar-refractivity contribution is 0.0517. The van der Waals surface area contributed by atoms with Crippen molar-refractivity contribution in [2.75, 3.05) is 6.61 Å². The summed E-state index contributed by atoms with van der Waals surface area (Å²) < 4.78 is 6.58. The van der Waals surface area contributed by atoms with Crippen molar-refractivity contribution >= 4 is 5.97 Å². The summed E-state index contributed by atoms with van der Waals surface area (Å²) in [4.78, 5) is 11.7. The van der Waals surface area contributed by atoms with Gasteiger partial charge < -0.3 is 4.74 Å². The number of hydrogen-bond donors (Lipinski definition) is 0. The largest absolute Gasteiger partial charge is 0.461 e. The highest BCUT2D eigenvalue weighted by molar-refractivity contribution is 5.89. The molecule has 1 saturated carbocycles. The zero-order chi connectivity index (χ0) is 11.8. The van der Waals surface area contributed by atoms with Crippen LogP contribution in [0.4, 0.5) is 0 Å². The van der Waals surface area contributed by atoms with Crippen LogP contribution >= 0.6 is 0 Å². The summed E-state index contributed by atoms with van der Waals surface area (Å²) in [6, 6.07) is 0. The highest BCUT2D eigenvalue weighted by Gasteiger charge is 2.46. The number of terminal acetylenes is 1. The van der Waals surface area contributed by atoms with Crippen LogP contribution in [0.25, 0.3) is 0 Å². The Kier molecular flexibility index (Phi) is 2.47. The normalized spacial score (nSPS) is 16.6. The van der Waals surface area contributed by atoms with E-state index >= 15 is 0 Å². The van der Waals surface area contributed by atoms with Crippen LogP contribution in [-0.2, 0) is 17.2 Å². The molecule has 1 aromatic heterocycles. The Hall–Kier alpha value is -1.76. The fourth-order valence-corrected chi connectivity index (χ4v) is 1.81. The Morgan fingerprint density at radius 1 is 1.75 bits per heavy atom. The average molecular weight is 218 g/mol. The van der Waals surface area contributed by atoms with E-state index in [4.69, 9.17) is 11.2 Å². The zero-order valence-corrected chi connectivity index (χ0v) is 9.49. The first-order chi connectivity index (χ1) is 7.63. The predicted octanol–water partition coefficient (Wildman–Crippen LogP) is 1.26. The highest BCUT2D eigenvalue weighted by Crippen LogP contribution is 2.48. The molecular formula is C12H14N2O2. The molecule has 0 spiro atoms. The maximum Gasteiger partial charge on any atom is 0.359 e. The Morgan fingerprint density at radius 3 is 2.94 bits per heavy atom. The summed E-state index contributed by atoms with van der Waals surface area (Å²) >= 11 is 0. The van der Waals surface area contributed by atoms with E-state index in [1.807, 2.05) is 6.20 Å².